The summed E-state index contributed by atoms with van der Waals surface area (Å²) in [6, 6.07) is 4.38. The summed E-state index contributed by atoms with van der Waals surface area (Å²) in [6.45, 7) is 1.49. The van der Waals surface area contributed by atoms with Crippen molar-refractivity contribution in [2.75, 3.05) is 19.3 Å². The molecule has 0 radical (unpaired) electrons. The molecule has 0 saturated heterocycles. The molecule has 2 saturated carbocycles. The Morgan fingerprint density at radius 2 is 2.14 bits per heavy atom. The number of sulfonamides is 1. The fourth-order valence-corrected chi connectivity index (χ4v) is 5.56. The lowest BCUT2D eigenvalue weighted by molar-refractivity contribution is 0.582. The van der Waals surface area contributed by atoms with Gasteiger partial charge in [0.2, 0.25) is 10.0 Å². The zero-order valence-electron chi connectivity index (χ0n) is 12.2. The highest BCUT2D eigenvalue weighted by molar-refractivity contribution is 8.00. The lowest BCUT2D eigenvalue weighted by Crippen LogP contribution is -2.31. The second-order valence-electron chi connectivity index (χ2n) is 5.91. The number of thioether (sulfide) groups is 1. The van der Waals surface area contributed by atoms with Gasteiger partial charge in [0.1, 0.15) is 4.21 Å². The van der Waals surface area contributed by atoms with Crippen molar-refractivity contribution in [3.05, 3.63) is 17.0 Å². The smallest absolute Gasteiger partial charge is 0.250 e. The van der Waals surface area contributed by atoms with Crippen molar-refractivity contribution in [1.82, 2.24) is 10.0 Å². The van der Waals surface area contributed by atoms with Gasteiger partial charge in [0.05, 0.1) is 0 Å². The first-order valence-corrected chi connectivity index (χ1v) is 10.9. The molecule has 0 amide bonds. The molecule has 21 heavy (non-hydrogen) atoms. The van der Waals surface area contributed by atoms with Gasteiger partial charge in [-0.1, -0.05) is 0 Å². The molecule has 7 heteroatoms. The van der Waals surface area contributed by atoms with Gasteiger partial charge < -0.3 is 5.32 Å². The molecule has 0 bridgehead atoms. The number of rotatable bonds is 9. The number of nitrogens with one attached hydrogen (secondary N) is 2. The molecule has 0 atom stereocenters. The number of hydrogen-bond donors (Lipinski definition) is 2. The molecule has 1 aromatic rings. The van der Waals surface area contributed by atoms with E-state index in [1.54, 1.807) is 17.8 Å². The van der Waals surface area contributed by atoms with Gasteiger partial charge in [0.25, 0.3) is 0 Å². The quantitative estimate of drug-likeness (QED) is 0.720. The highest BCUT2D eigenvalue weighted by atomic mass is 32.2. The summed E-state index contributed by atoms with van der Waals surface area (Å²) in [5, 5.41) is 3.45. The lowest BCUT2D eigenvalue weighted by Gasteiger charge is -2.12. The van der Waals surface area contributed by atoms with Crippen LogP contribution in [-0.4, -0.2) is 38.6 Å². The van der Waals surface area contributed by atoms with Gasteiger partial charge in [-0.3, -0.25) is 0 Å². The summed E-state index contributed by atoms with van der Waals surface area (Å²) in [7, 11) is -3.34. The van der Waals surface area contributed by atoms with Crippen LogP contribution in [0.3, 0.4) is 0 Å². The Bertz CT molecular complexity index is 589. The minimum Gasteiger partial charge on any atom is -0.314 e. The molecule has 2 aliphatic carbocycles. The maximum Gasteiger partial charge on any atom is 0.250 e. The Labute approximate surface area is 135 Å². The fourth-order valence-electron chi connectivity index (χ4n) is 2.21. The van der Waals surface area contributed by atoms with Crippen molar-refractivity contribution in [2.45, 2.75) is 47.1 Å². The van der Waals surface area contributed by atoms with E-state index in [2.05, 4.69) is 16.3 Å². The Hall–Kier alpha value is -0.0800. The molecule has 118 valence electrons. The van der Waals surface area contributed by atoms with E-state index in [1.165, 1.54) is 24.2 Å². The second kappa shape index (κ2) is 6.20. The summed E-state index contributed by atoms with van der Waals surface area (Å²) in [5.74, 6) is 0. The number of thiophene rings is 1. The van der Waals surface area contributed by atoms with E-state index in [0.717, 1.165) is 30.7 Å². The van der Waals surface area contributed by atoms with Crippen molar-refractivity contribution in [3.8, 4) is 0 Å². The van der Waals surface area contributed by atoms with Crippen LogP contribution in [0.1, 0.15) is 30.6 Å². The van der Waals surface area contributed by atoms with Gasteiger partial charge in [-0.2, -0.15) is 11.8 Å². The topological polar surface area (TPSA) is 58.2 Å². The predicted molar refractivity (Wildman–Crippen MR) is 89.7 cm³/mol. The highest BCUT2D eigenvalue weighted by Gasteiger charge is 2.42. The standard InChI is InChI=1S/C14H22N2O2S3/c1-19-14(7-8-14)10-16-21(17,18)13-5-4-12(20-13)6-9-15-11-2-3-11/h4-5,11,15-16H,2-3,6-10H2,1H3. The highest BCUT2D eigenvalue weighted by Crippen LogP contribution is 2.46. The Morgan fingerprint density at radius 3 is 2.76 bits per heavy atom. The largest absolute Gasteiger partial charge is 0.314 e. The van der Waals surface area contributed by atoms with E-state index in [4.69, 9.17) is 0 Å². The van der Waals surface area contributed by atoms with Crippen LogP contribution in [0.15, 0.2) is 16.3 Å². The van der Waals surface area contributed by atoms with Crippen LogP contribution in [0.4, 0.5) is 0 Å². The Morgan fingerprint density at radius 1 is 1.38 bits per heavy atom. The van der Waals surface area contributed by atoms with Crippen LogP contribution in [0.2, 0.25) is 0 Å². The van der Waals surface area contributed by atoms with Crippen LogP contribution in [-0.2, 0) is 16.4 Å². The zero-order valence-corrected chi connectivity index (χ0v) is 14.7. The third-order valence-electron chi connectivity index (χ3n) is 4.11. The molecule has 4 nitrogen and oxygen atoms in total. The van der Waals surface area contributed by atoms with Gasteiger partial charge in [-0.05, 0) is 50.5 Å². The van der Waals surface area contributed by atoms with Crippen LogP contribution in [0.25, 0.3) is 0 Å². The summed E-state index contributed by atoms with van der Waals surface area (Å²) >= 11 is 3.16. The van der Waals surface area contributed by atoms with E-state index < -0.39 is 10.0 Å². The third-order valence-corrected chi connectivity index (χ3v) is 8.57. The zero-order chi connectivity index (χ0) is 14.9. The molecular weight excluding hydrogens is 324 g/mol. The molecular formula is C14H22N2O2S3. The molecule has 0 spiro atoms. The van der Waals surface area contributed by atoms with Gasteiger partial charge in [0.15, 0.2) is 0 Å². The van der Waals surface area contributed by atoms with Crippen LogP contribution in [0, 0.1) is 0 Å². The van der Waals surface area contributed by atoms with E-state index in [9.17, 15) is 8.42 Å². The van der Waals surface area contributed by atoms with E-state index >= 15 is 0 Å². The normalized spacial score (nSPS) is 20.6. The van der Waals surface area contributed by atoms with E-state index in [-0.39, 0.29) is 4.75 Å². The minimum atomic E-state index is -3.34. The summed E-state index contributed by atoms with van der Waals surface area (Å²) in [5.41, 5.74) is 0. The van der Waals surface area contributed by atoms with Crippen LogP contribution < -0.4 is 10.0 Å². The van der Waals surface area contributed by atoms with Gasteiger partial charge in [-0.25, -0.2) is 13.1 Å². The first-order valence-electron chi connectivity index (χ1n) is 7.40. The maximum atomic E-state index is 12.3. The molecule has 0 aliphatic heterocycles. The fraction of sp³-hybridized carbons (Fsp3) is 0.714. The van der Waals surface area contributed by atoms with E-state index in [1.807, 2.05) is 6.07 Å². The Kier molecular flexibility index (Phi) is 4.66. The molecule has 2 aliphatic rings. The SMILES string of the molecule is CSC1(CNS(=O)(=O)c2ccc(CCNC3CC3)s2)CC1. The molecule has 1 heterocycles. The van der Waals surface area contributed by atoms with Gasteiger partial charge >= 0.3 is 0 Å². The van der Waals surface area contributed by atoms with Crippen molar-refractivity contribution in [2.24, 2.45) is 0 Å². The van der Waals surface area contributed by atoms with Crippen molar-refractivity contribution in [1.29, 1.82) is 0 Å². The molecule has 0 aromatic carbocycles. The average Bonchev–Trinajstić information content (AvgIpc) is 3.37. The van der Waals surface area contributed by atoms with Gasteiger partial charge in [0, 0.05) is 28.8 Å². The summed E-state index contributed by atoms with van der Waals surface area (Å²) < 4.78 is 28.0. The first-order chi connectivity index (χ1) is 10.0. The predicted octanol–water partition coefficient (Wildman–Crippen LogP) is 2.22. The molecule has 2 fully saturated rings. The average molecular weight is 347 g/mol. The maximum absolute atomic E-state index is 12.3. The monoisotopic (exact) mass is 346 g/mol. The first kappa shape index (κ1) is 15.8. The van der Waals surface area contributed by atoms with Crippen molar-refractivity contribution >= 4 is 33.1 Å². The number of hydrogen-bond acceptors (Lipinski definition) is 5. The second-order valence-corrected chi connectivity index (χ2v) is 10.3. The van der Waals surface area contributed by atoms with Crippen LogP contribution >= 0.6 is 23.1 Å². The van der Waals surface area contributed by atoms with Crippen molar-refractivity contribution in [3.63, 3.8) is 0 Å². The van der Waals surface area contributed by atoms with E-state index in [0.29, 0.717) is 16.8 Å². The van der Waals surface area contributed by atoms with Crippen molar-refractivity contribution < 1.29 is 8.42 Å². The Balaban J connectivity index is 1.53. The molecule has 3 rings (SSSR count). The minimum absolute atomic E-state index is 0.154. The molecule has 1 aromatic heterocycles. The third kappa shape index (κ3) is 4.22. The summed E-state index contributed by atoms with van der Waals surface area (Å²) in [4.78, 5) is 1.13. The van der Waals surface area contributed by atoms with Gasteiger partial charge in [-0.15, -0.1) is 11.3 Å². The lowest BCUT2D eigenvalue weighted by atomic mass is 10.3. The molecule has 0 unspecified atom stereocenters. The molecule has 2 N–H and O–H groups in total. The van der Waals surface area contributed by atoms with Crippen LogP contribution in [0.5, 0.6) is 0 Å². The summed E-state index contributed by atoms with van der Waals surface area (Å²) in [6.07, 6.45) is 7.75.